The lowest BCUT2D eigenvalue weighted by atomic mass is 10.0. The number of rotatable bonds is 4. The third-order valence-electron chi connectivity index (χ3n) is 3.20. The molecule has 0 radical (unpaired) electrons. The van der Waals surface area contributed by atoms with E-state index in [2.05, 4.69) is 5.10 Å². The lowest BCUT2D eigenvalue weighted by molar-refractivity contribution is -0.386. The van der Waals surface area contributed by atoms with E-state index in [1.165, 1.54) is 0 Å². The molecule has 0 saturated carbocycles. The third kappa shape index (κ3) is 2.43. The molecule has 5 heteroatoms. The quantitative estimate of drug-likeness (QED) is 0.624. The first-order valence-electron chi connectivity index (χ1n) is 6.76. The van der Waals surface area contributed by atoms with Crippen molar-refractivity contribution in [2.24, 2.45) is 0 Å². The van der Waals surface area contributed by atoms with Crippen molar-refractivity contribution < 1.29 is 4.92 Å². The summed E-state index contributed by atoms with van der Waals surface area (Å²) < 4.78 is 1.71. The topological polar surface area (TPSA) is 61.0 Å². The van der Waals surface area contributed by atoms with Crippen molar-refractivity contribution in [2.75, 3.05) is 0 Å². The van der Waals surface area contributed by atoms with Crippen LogP contribution in [0.1, 0.15) is 50.9 Å². The highest BCUT2D eigenvalue weighted by Crippen LogP contribution is 2.35. The minimum atomic E-state index is -0.308. The van der Waals surface area contributed by atoms with Crippen molar-refractivity contribution in [3.8, 4) is 5.69 Å². The summed E-state index contributed by atoms with van der Waals surface area (Å²) in [5, 5.41) is 15.9. The summed E-state index contributed by atoms with van der Waals surface area (Å²) in [6, 6.07) is 9.54. The fourth-order valence-corrected chi connectivity index (χ4v) is 2.30. The van der Waals surface area contributed by atoms with Crippen molar-refractivity contribution in [1.29, 1.82) is 0 Å². The van der Waals surface area contributed by atoms with Crippen LogP contribution in [0, 0.1) is 10.1 Å². The van der Waals surface area contributed by atoms with E-state index in [1.807, 2.05) is 58.0 Å². The number of hydrogen-bond acceptors (Lipinski definition) is 3. The highest BCUT2D eigenvalue weighted by Gasteiger charge is 2.31. The molecule has 0 saturated heterocycles. The minimum Gasteiger partial charge on any atom is -0.258 e. The standard InChI is InChI=1S/C15H19N3O2/c1-10(2)13-15(18(19)20)14(11(3)4)17(16-13)12-8-6-5-7-9-12/h5-11H,1-4H3. The zero-order valence-electron chi connectivity index (χ0n) is 12.2. The number of para-hydroxylation sites is 1. The van der Waals surface area contributed by atoms with Crippen molar-refractivity contribution >= 4 is 5.69 Å². The summed E-state index contributed by atoms with van der Waals surface area (Å²) in [5.41, 5.74) is 2.21. The first-order valence-corrected chi connectivity index (χ1v) is 6.76. The van der Waals surface area contributed by atoms with Crippen molar-refractivity contribution in [2.45, 2.75) is 39.5 Å². The number of aromatic nitrogens is 2. The molecule has 0 atom stereocenters. The van der Waals surface area contributed by atoms with Gasteiger partial charge in [-0.25, -0.2) is 4.68 Å². The lowest BCUT2D eigenvalue weighted by Crippen LogP contribution is -2.05. The van der Waals surface area contributed by atoms with Crippen molar-refractivity contribution in [3.63, 3.8) is 0 Å². The Kier molecular flexibility index (Phi) is 3.88. The lowest BCUT2D eigenvalue weighted by Gasteiger charge is -2.09. The summed E-state index contributed by atoms with van der Waals surface area (Å²) in [6.45, 7) is 7.75. The van der Waals surface area contributed by atoms with E-state index in [9.17, 15) is 10.1 Å². The molecule has 1 heterocycles. The normalized spacial score (nSPS) is 11.3. The van der Waals surface area contributed by atoms with Gasteiger partial charge in [0.2, 0.25) is 0 Å². The number of hydrogen-bond donors (Lipinski definition) is 0. The average Bonchev–Trinajstić information content (AvgIpc) is 2.80. The smallest absolute Gasteiger partial charge is 0.258 e. The van der Waals surface area contributed by atoms with Crippen LogP contribution in [-0.4, -0.2) is 14.7 Å². The van der Waals surface area contributed by atoms with Gasteiger partial charge in [-0.15, -0.1) is 0 Å². The molecule has 2 rings (SSSR count). The molecule has 5 nitrogen and oxygen atoms in total. The molecule has 1 aromatic carbocycles. The summed E-state index contributed by atoms with van der Waals surface area (Å²) in [6.07, 6.45) is 0. The van der Waals surface area contributed by atoms with Crippen LogP contribution < -0.4 is 0 Å². The van der Waals surface area contributed by atoms with E-state index >= 15 is 0 Å². The van der Waals surface area contributed by atoms with Gasteiger partial charge in [0.1, 0.15) is 11.4 Å². The van der Waals surface area contributed by atoms with Crippen LogP contribution >= 0.6 is 0 Å². The molecule has 2 aromatic rings. The van der Waals surface area contributed by atoms with Crippen LogP contribution in [-0.2, 0) is 0 Å². The van der Waals surface area contributed by atoms with Crippen molar-refractivity contribution in [1.82, 2.24) is 9.78 Å². The van der Waals surface area contributed by atoms with Crippen molar-refractivity contribution in [3.05, 3.63) is 51.8 Å². The third-order valence-corrected chi connectivity index (χ3v) is 3.20. The molecule has 106 valence electrons. The van der Waals surface area contributed by atoms with Gasteiger partial charge in [-0.05, 0) is 12.1 Å². The predicted octanol–water partition coefficient (Wildman–Crippen LogP) is 4.03. The summed E-state index contributed by atoms with van der Waals surface area (Å²) in [4.78, 5) is 11.1. The summed E-state index contributed by atoms with van der Waals surface area (Å²) >= 11 is 0. The molecule has 0 spiro atoms. The molecule has 0 aliphatic rings. The molecular formula is C15H19N3O2. The molecule has 0 unspecified atom stereocenters. The Hall–Kier alpha value is -2.17. The maximum absolute atomic E-state index is 11.4. The average molecular weight is 273 g/mol. The molecule has 1 aromatic heterocycles. The monoisotopic (exact) mass is 273 g/mol. The van der Waals surface area contributed by atoms with Gasteiger partial charge in [-0.1, -0.05) is 45.9 Å². The van der Waals surface area contributed by atoms with E-state index in [0.717, 1.165) is 5.69 Å². The van der Waals surface area contributed by atoms with Gasteiger partial charge in [-0.2, -0.15) is 5.10 Å². The second-order valence-electron chi connectivity index (χ2n) is 5.43. The fourth-order valence-electron chi connectivity index (χ4n) is 2.30. The van der Waals surface area contributed by atoms with E-state index in [4.69, 9.17) is 0 Å². The van der Waals surface area contributed by atoms with Gasteiger partial charge in [0.05, 0.1) is 10.6 Å². The van der Waals surface area contributed by atoms with Gasteiger partial charge in [0.25, 0.3) is 0 Å². The molecule has 0 bridgehead atoms. The van der Waals surface area contributed by atoms with Crippen LogP contribution in [0.2, 0.25) is 0 Å². The highest BCUT2D eigenvalue weighted by atomic mass is 16.6. The van der Waals surface area contributed by atoms with E-state index < -0.39 is 0 Å². The maximum atomic E-state index is 11.4. The summed E-state index contributed by atoms with van der Waals surface area (Å²) in [5.74, 6) is 0.0356. The van der Waals surface area contributed by atoms with E-state index in [0.29, 0.717) is 11.4 Å². The molecule has 0 fully saturated rings. The Morgan fingerprint density at radius 1 is 1.10 bits per heavy atom. The second kappa shape index (κ2) is 5.45. The van der Waals surface area contributed by atoms with Crippen LogP contribution in [0.15, 0.2) is 30.3 Å². The number of nitro groups is 1. The Bertz CT molecular complexity index is 616. The first-order chi connectivity index (χ1) is 9.43. The van der Waals surface area contributed by atoms with Crippen LogP contribution in [0.5, 0.6) is 0 Å². The van der Waals surface area contributed by atoms with Crippen LogP contribution in [0.3, 0.4) is 0 Å². The maximum Gasteiger partial charge on any atom is 0.314 e. The summed E-state index contributed by atoms with van der Waals surface area (Å²) in [7, 11) is 0. The zero-order chi connectivity index (χ0) is 14.9. The van der Waals surface area contributed by atoms with Crippen LogP contribution in [0.4, 0.5) is 5.69 Å². The fraction of sp³-hybridized carbons (Fsp3) is 0.400. The van der Waals surface area contributed by atoms with E-state index in [-0.39, 0.29) is 22.4 Å². The molecular weight excluding hydrogens is 254 g/mol. The minimum absolute atomic E-state index is 0.0119. The van der Waals surface area contributed by atoms with Gasteiger partial charge in [-0.3, -0.25) is 10.1 Å². The molecule has 0 aliphatic heterocycles. The Morgan fingerprint density at radius 2 is 1.70 bits per heavy atom. The highest BCUT2D eigenvalue weighted by molar-refractivity contribution is 5.49. The molecule has 0 amide bonds. The second-order valence-corrected chi connectivity index (χ2v) is 5.43. The van der Waals surface area contributed by atoms with Gasteiger partial charge < -0.3 is 0 Å². The number of benzene rings is 1. The van der Waals surface area contributed by atoms with Gasteiger partial charge in [0.15, 0.2) is 0 Å². The molecule has 20 heavy (non-hydrogen) atoms. The molecule has 0 N–H and O–H groups in total. The van der Waals surface area contributed by atoms with Gasteiger partial charge in [0, 0.05) is 11.8 Å². The van der Waals surface area contributed by atoms with E-state index in [1.54, 1.807) is 4.68 Å². The zero-order valence-corrected chi connectivity index (χ0v) is 12.2. The Morgan fingerprint density at radius 3 is 2.15 bits per heavy atom. The Labute approximate surface area is 118 Å². The SMILES string of the molecule is CC(C)c1nn(-c2ccccc2)c(C(C)C)c1[N+](=O)[O-]. The Balaban J connectivity index is 2.75. The predicted molar refractivity (Wildman–Crippen MR) is 78.4 cm³/mol. The first kappa shape index (κ1) is 14.2. The van der Waals surface area contributed by atoms with Crippen LogP contribution in [0.25, 0.3) is 5.69 Å². The van der Waals surface area contributed by atoms with Gasteiger partial charge >= 0.3 is 5.69 Å². The molecule has 0 aliphatic carbocycles. The number of nitrogens with zero attached hydrogens (tertiary/aromatic N) is 3. The largest absolute Gasteiger partial charge is 0.314 e.